The molecule has 1 heterocycles. The van der Waals surface area contributed by atoms with Gasteiger partial charge in [0.25, 0.3) is 6.29 Å². The lowest BCUT2D eigenvalue weighted by atomic mass is 10.3. The van der Waals surface area contributed by atoms with Crippen LogP contribution in [-0.2, 0) is 16.1 Å². The minimum absolute atomic E-state index is 0.216. The average molecular weight is 264 g/mol. The third-order valence-corrected chi connectivity index (χ3v) is 2.90. The van der Waals surface area contributed by atoms with Gasteiger partial charge >= 0.3 is 5.97 Å². The van der Waals surface area contributed by atoms with Gasteiger partial charge in [-0.1, -0.05) is 18.2 Å². The van der Waals surface area contributed by atoms with Crippen LogP contribution in [0.15, 0.2) is 47.2 Å². The highest BCUT2D eigenvalue weighted by atomic mass is 32.1. The van der Waals surface area contributed by atoms with Crippen LogP contribution in [0.3, 0.4) is 0 Å². The lowest BCUT2D eigenvalue weighted by Crippen LogP contribution is -2.29. The summed E-state index contributed by atoms with van der Waals surface area (Å²) >= 11 is 1.54. The van der Waals surface area contributed by atoms with E-state index in [1.807, 2.05) is 22.9 Å². The fourth-order valence-corrected chi connectivity index (χ4v) is 1.98. The fourth-order valence-electron chi connectivity index (χ4n) is 1.33. The van der Waals surface area contributed by atoms with Gasteiger partial charge in [-0.15, -0.1) is 0 Å². The minimum Gasteiger partial charge on any atom is -0.477 e. The van der Waals surface area contributed by atoms with Crippen LogP contribution < -0.4 is 4.74 Å². The molecule has 0 aliphatic carbocycles. The number of ether oxygens (including phenoxy) is 2. The quantitative estimate of drug-likeness (QED) is 0.815. The van der Waals surface area contributed by atoms with Gasteiger partial charge < -0.3 is 14.6 Å². The molecule has 18 heavy (non-hydrogen) atoms. The van der Waals surface area contributed by atoms with Gasteiger partial charge in [0.2, 0.25) is 0 Å². The summed E-state index contributed by atoms with van der Waals surface area (Å²) in [6.07, 6.45) is -1.30. The van der Waals surface area contributed by atoms with E-state index in [0.717, 1.165) is 5.56 Å². The second-order valence-corrected chi connectivity index (χ2v) is 4.32. The van der Waals surface area contributed by atoms with E-state index in [2.05, 4.69) is 0 Å². The van der Waals surface area contributed by atoms with Crippen LogP contribution in [0, 0.1) is 0 Å². The predicted octanol–water partition coefficient (Wildman–Crippen LogP) is 2.75. The molecule has 0 bridgehead atoms. The van der Waals surface area contributed by atoms with Crippen LogP contribution in [0.25, 0.3) is 0 Å². The third kappa shape index (κ3) is 3.58. The Morgan fingerprint density at radius 2 is 2.06 bits per heavy atom. The number of aliphatic carboxylic acids is 1. The van der Waals surface area contributed by atoms with Crippen LogP contribution in [0.1, 0.15) is 5.56 Å². The first kappa shape index (κ1) is 12.6. The molecule has 0 saturated heterocycles. The zero-order chi connectivity index (χ0) is 12.8. The molecule has 0 aliphatic heterocycles. The standard InChI is InChI=1S/C13H12O4S/c14-12(15)13(16-8-10-6-7-18-9-10)17-11-4-2-1-3-5-11/h1-7,9,13H,8H2,(H,14,15). The first-order chi connectivity index (χ1) is 8.75. The molecule has 2 aromatic rings. The van der Waals surface area contributed by atoms with Crippen molar-refractivity contribution in [2.75, 3.05) is 0 Å². The molecule has 0 radical (unpaired) electrons. The highest BCUT2D eigenvalue weighted by molar-refractivity contribution is 7.07. The summed E-state index contributed by atoms with van der Waals surface area (Å²) in [5.74, 6) is -0.677. The van der Waals surface area contributed by atoms with E-state index in [9.17, 15) is 4.79 Å². The molecule has 0 aliphatic rings. The number of carboxylic acid groups (broad SMARTS) is 1. The molecule has 1 unspecified atom stereocenters. The van der Waals surface area contributed by atoms with Gasteiger partial charge in [0.15, 0.2) is 0 Å². The Labute approximate surface area is 108 Å². The van der Waals surface area contributed by atoms with Gasteiger partial charge in [-0.2, -0.15) is 11.3 Å². The number of benzene rings is 1. The van der Waals surface area contributed by atoms with E-state index in [1.165, 1.54) is 11.3 Å². The number of carbonyl (C=O) groups is 1. The van der Waals surface area contributed by atoms with Crippen LogP contribution in [0.4, 0.5) is 0 Å². The molecule has 5 heteroatoms. The molecule has 1 atom stereocenters. The third-order valence-electron chi connectivity index (χ3n) is 2.17. The van der Waals surface area contributed by atoms with Crippen LogP contribution in [0.5, 0.6) is 5.75 Å². The van der Waals surface area contributed by atoms with Crippen molar-refractivity contribution in [2.24, 2.45) is 0 Å². The number of para-hydroxylation sites is 1. The largest absolute Gasteiger partial charge is 0.477 e. The van der Waals surface area contributed by atoms with Crippen molar-refractivity contribution in [3.8, 4) is 5.75 Å². The van der Waals surface area contributed by atoms with Gasteiger partial charge in [0.1, 0.15) is 5.75 Å². The van der Waals surface area contributed by atoms with E-state index in [1.54, 1.807) is 24.3 Å². The van der Waals surface area contributed by atoms with Crippen molar-refractivity contribution in [3.63, 3.8) is 0 Å². The Morgan fingerprint density at radius 3 is 2.67 bits per heavy atom. The molecule has 0 amide bonds. The second-order valence-electron chi connectivity index (χ2n) is 3.54. The van der Waals surface area contributed by atoms with E-state index in [4.69, 9.17) is 14.6 Å². The molecule has 94 valence electrons. The van der Waals surface area contributed by atoms with Crippen LogP contribution >= 0.6 is 11.3 Å². The first-order valence-electron chi connectivity index (χ1n) is 5.33. The van der Waals surface area contributed by atoms with Gasteiger partial charge in [0.05, 0.1) is 6.61 Å². The molecular formula is C13H12O4S. The van der Waals surface area contributed by atoms with Crippen molar-refractivity contribution in [1.82, 2.24) is 0 Å². The Bertz CT molecular complexity index is 481. The summed E-state index contributed by atoms with van der Waals surface area (Å²) in [5.41, 5.74) is 0.933. The summed E-state index contributed by atoms with van der Waals surface area (Å²) in [7, 11) is 0. The Kier molecular flexibility index (Phi) is 4.33. The predicted molar refractivity (Wildman–Crippen MR) is 67.6 cm³/mol. The van der Waals surface area contributed by atoms with Gasteiger partial charge in [-0.05, 0) is 34.5 Å². The Balaban J connectivity index is 1.94. The monoisotopic (exact) mass is 264 g/mol. The molecule has 1 N–H and O–H groups in total. The van der Waals surface area contributed by atoms with Crippen LogP contribution in [-0.4, -0.2) is 17.4 Å². The van der Waals surface area contributed by atoms with Crippen molar-refractivity contribution in [2.45, 2.75) is 12.9 Å². The number of hydrogen-bond acceptors (Lipinski definition) is 4. The van der Waals surface area contributed by atoms with Gasteiger partial charge in [-0.3, -0.25) is 0 Å². The molecule has 4 nitrogen and oxygen atoms in total. The highest BCUT2D eigenvalue weighted by Gasteiger charge is 2.20. The molecule has 1 aromatic heterocycles. The summed E-state index contributed by atoms with van der Waals surface area (Å²) in [6.45, 7) is 0.216. The summed E-state index contributed by atoms with van der Waals surface area (Å²) in [6, 6.07) is 10.6. The van der Waals surface area contributed by atoms with E-state index < -0.39 is 12.3 Å². The molecule has 0 fully saturated rings. The van der Waals surface area contributed by atoms with Crippen LogP contribution in [0.2, 0.25) is 0 Å². The van der Waals surface area contributed by atoms with E-state index in [-0.39, 0.29) is 6.61 Å². The first-order valence-corrected chi connectivity index (χ1v) is 6.27. The number of hydrogen-bond donors (Lipinski definition) is 1. The van der Waals surface area contributed by atoms with Gasteiger partial charge in [0, 0.05) is 0 Å². The smallest absolute Gasteiger partial charge is 0.373 e. The summed E-state index contributed by atoms with van der Waals surface area (Å²) in [4.78, 5) is 11.0. The van der Waals surface area contributed by atoms with Crippen molar-refractivity contribution in [3.05, 3.63) is 52.7 Å². The number of rotatable bonds is 6. The maximum atomic E-state index is 11.0. The zero-order valence-electron chi connectivity index (χ0n) is 9.48. The Morgan fingerprint density at radius 1 is 1.28 bits per heavy atom. The average Bonchev–Trinajstić information content (AvgIpc) is 2.88. The number of carboxylic acids is 1. The maximum absolute atomic E-state index is 11.0. The fraction of sp³-hybridized carbons (Fsp3) is 0.154. The zero-order valence-corrected chi connectivity index (χ0v) is 10.3. The van der Waals surface area contributed by atoms with E-state index in [0.29, 0.717) is 5.75 Å². The number of thiophene rings is 1. The van der Waals surface area contributed by atoms with Gasteiger partial charge in [-0.25, -0.2) is 4.79 Å². The normalized spacial score (nSPS) is 12.0. The molecule has 2 rings (SSSR count). The summed E-state index contributed by atoms with van der Waals surface area (Å²) < 4.78 is 10.5. The molecule has 0 spiro atoms. The minimum atomic E-state index is -1.30. The molecule has 1 aromatic carbocycles. The lowest BCUT2D eigenvalue weighted by molar-refractivity contribution is -0.173. The lowest BCUT2D eigenvalue weighted by Gasteiger charge is -2.15. The molecule has 0 saturated carbocycles. The van der Waals surface area contributed by atoms with Crippen molar-refractivity contribution < 1.29 is 19.4 Å². The summed E-state index contributed by atoms with van der Waals surface area (Å²) in [5, 5.41) is 12.8. The molecular weight excluding hydrogens is 252 g/mol. The second kappa shape index (κ2) is 6.18. The van der Waals surface area contributed by atoms with Crippen molar-refractivity contribution >= 4 is 17.3 Å². The van der Waals surface area contributed by atoms with Crippen molar-refractivity contribution in [1.29, 1.82) is 0 Å². The Hall–Kier alpha value is -1.85. The maximum Gasteiger partial charge on any atom is 0.373 e. The van der Waals surface area contributed by atoms with E-state index >= 15 is 0 Å². The topological polar surface area (TPSA) is 55.8 Å². The SMILES string of the molecule is O=C(O)C(OCc1ccsc1)Oc1ccccc1. The highest BCUT2D eigenvalue weighted by Crippen LogP contribution is 2.14.